The molecule has 9 heteroatoms. The molecule has 3 aromatic rings. The summed E-state index contributed by atoms with van der Waals surface area (Å²) in [6.45, 7) is 2.30. The van der Waals surface area contributed by atoms with Gasteiger partial charge in [0.15, 0.2) is 11.4 Å². The molecule has 4 rings (SSSR count). The van der Waals surface area contributed by atoms with E-state index in [0.717, 1.165) is 12.8 Å². The zero-order chi connectivity index (χ0) is 19.7. The number of aryl methyl sites for hydroxylation is 1. The van der Waals surface area contributed by atoms with Gasteiger partial charge in [-0.1, -0.05) is 30.3 Å². The van der Waals surface area contributed by atoms with Crippen molar-refractivity contribution in [1.82, 2.24) is 25.8 Å². The third kappa shape index (κ3) is 3.38. The van der Waals surface area contributed by atoms with Gasteiger partial charge < -0.3 is 4.52 Å². The summed E-state index contributed by atoms with van der Waals surface area (Å²) in [7, 11) is 0. The molecule has 0 bridgehead atoms. The highest BCUT2D eigenvalue weighted by atomic mass is 16.5. The van der Waals surface area contributed by atoms with Crippen molar-refractivity contribution < 1.29 is 14.1 Å². The van der Waals surface area contributed by atoms with Crippen LogP contribution in [-0.4, -0.2) is 26.8 Å². The Bertz CT molecular complexity index is 1110. The van der Waals surface area contributed by atoms with E-state index in [4.69, 9.17) is 4.52 Å². The third-order valence-corrected chi connectivity index (χ3v) is 4.55. The van der Waals surface area contributed by atoms with Crippen LogP contribution in [0.25, 0.3) is 10.8 Å². The number of rotatable bonds is 5. The standard InChI is InChI=1S/C19H19N5O4/c1-2-9-24-19(27)13-6-4-3-5-12(13)16(22-24)18(26)21-20-17(25)14-10-15(28-23-14)11-7-8-11/h3-6,10-11H,2,7-9H2,1H3,(H,20,25)(H,21,26). The number of benzene rings is 1. The zero-order valence-electron chi connectivity index (χ0n) is 15.3. The van der Waals surface area contributed by atoms with Gasteiger partial charge in [0.1, 0.15) is 5.76 Å². The molecule has 1 aliphatic rings. The third-order valence-electron chi connectivity index (χ3n) is 4.55. The fourth-order valence-electron chi connectivity index (χ4n) is 2.96. The summed E-state index contributed by atoms with van der Waals surface area (Å²) in [6, 6.07) is 8.32. The average molecular weight is 381 g/mol. The van der Waals surface area contributed by atoms with E-state index in [1.54, 1.807) is 30.3 Å². The van der Waals surface area contributed by atoms with E-state index in [-0.39, 0.29) is 16.9 Å². The topological polar surface area (TPSA) is 119 Å². The lowest BCUT2D eigenvalue weighted by Gasteiger charge is -2.11. The maximum atomic E-state index is 12.6. The predicted molar refractivity (Wildman–Crippen MR) is 99.7 cm³/mol. The Hall–Kier alpha value is -3.49. The number of hydrazine groups is 1. The van der Waals surface area contributed by atoms with Crippen LogP contribution in [0.3, 0.4) is 0 Å². The molecule has 0 aliphatic heterocycles. The van der Waals surface area contributed by atoms with Crippen LogP contribution in [0.1, 0.15) is 58.8 Å². The van der Waals surface area contributed by atoms with Gasteiger partial charge in [-0.05, 0) is 25.3 Å². The summed E-state index contributed by atoms with van der Waals surface area (Å²) in [5, 5.41) is 8.73. The smallest absolute Gasteiger partial charge is 0.291 e. The van der Waals surface area contributed by atoms with Gasteiger partial charge in [0.05, 0.1) is 5.39 Å². The minimum Gasteiger partial charge on any atom is -0.360 e. The molecular weight excluding hydrogens is 362 g/mol. The lowest BCUT2D eigenvalue weighted by Crippen LogP contribution is -2.43. The molecule has 0 unspecified atom stereocenters. The molecule has 2 N–H and O–H groups in total. The van der Waals surface area contributed by atoms with Crippen LogP contribution in [0.5, 0.6) is 0 Å². The molecule has 9 nitrogen and oxygen atoms in total. The maximum Gasteiger partial charge on any atom is 0.291 e. The molecule has 2 amide bonds. The summed E-state index contributed by atoms with van der Waals surface area (Å²) < 4.78 is 6.40. The number of nitrogens with zero attached hydrogens (tertiary/aromatic N) is 3. The van der Waals surface area contributed by atoms with Gasteiger partial charge in [-0.2, -0.15) is 5.10 Å². The van der Waals surface area contributed by atoms with Crippen LogP contribution in [0.15, 0.2) is 39.6 Å². The van der Waals surface area contributed by atoms with E-state index in [1.165, 1.54) is 4.68 Å². The van der Waals surface area contributed by atoms with E-state index >= 15 is 0 Å². The molecule has 0 atom stereocenters. The summed E-state index contributed by atoms with van der Waals surface area (Å²) in [5.41, 5.74) is 4.54. The Kier molecular flexibility index (Phi) is 4.64. The van der Waals surface area contributed by atoms with E-state index in [9.17, 15) is 14.4 Å². The summed E-state index contributed by atoms with van der Waals surface area (Å²) in [6.07, 6.45) is 2.75. The SMILES string of the molecule is CCCn1nc(C(=O)NNC(=O)c2cc(C3CC3)on2)c2ccccc2c1=O. The quantitative estimate of drug-likeness (QED) is 0.650. The van der Waals surface area contributed by atoms with Crippen LogP contribution < -0.4 is 16.4 Å². The zero-order valence-corrected chi connectivity index (χ0v) is 15.3. The number of carbonyl (C=O) groups excluding carboxylic acids is 2. The monoisotopic (exact) mass is 381 g/mol. The number of hydrogen-bond acceptors (Lipinski definition) is 6. The predicted octanol–water partition coefficient (Wildman–Crippen LogP) is 1.75. The molecule has 0 radical (unpaired) electrons. The Morgan fingerprint density at radius 2 is 1.89 bits per heavy atom. The molecule has 2 heterocycles. The highest BCUT2D eigenvalue weighted by Crippen LogP contribution is 2.40. The van der Waals surface area contributed by atoms with Crippen molar-refractivity contribution in [3.05, 3.63) is 57.8 Å². The Morgan fingerprint density at radius 3 is 2.61 bits per heavy atom. The molecule has 1 saturated carbocycles. The first kappa shape index (κ1) is 17.9. The Balaban J connectivity index is 1.55. The number of fused-ring (bicyclic) bond motifs is 1. The van der Waals surface area contributed by atoms with Crippen LogP contribution in [0.4, 0.5) is 0 Å². The maximum absolute atomic E-state index is 12.6. The van der Waals surface area contributed by atoms with Gasteiger partial charge in [0, 0.05) is 23.9 Å². The minimum absolute atomic E-state index is 0.0581. The van der Waals surface area contributed by atoms with Gasteiger partial charge in [-0.25, -0.2) is 4.68 Å². The Morgan fingerprint density at radius 1 is 1.18 bits per heavy atom. The largest absolute Gasteiger partial charge is 0.360 e. The summed E-state index contributed by atoms with van der Waals surface area (Å²) in [4.78, 5) is 37.3. The fraction of sp³-hybridized carbons (Fsp3) is 0.316. The van der Waals surface area contributed by atoms with E-state index in [2.05, 4.69) is 21.1 Å². The van der Waals surface area contributed by atoms with Gasteiger partial charge in [0.2, 0.25) is 0 Å². The van der Waals surface area contributed by atoms with E-state index in [1.807, 2.05) is 6.92 Å². The van der Waals surface area contributed by atoms with E-state index in [0.29, 0.717) is 35.4 Å². The normalized spacial score (nSPS) is 13.5. The molecule has 1 fully saturated rings. The molecule has 28 heavy (non-hydrogen) atoms. The fourth-order valence-corrected chi connectivity index (χ4v) is 2.96. The van der Waals surface area contributed by atoms with Gasteiger partial charge in [-0.15, -0.1) is 0 Å². The molecule has 1 aliphatic carbocycles. The van der Waals surface area contributed by atoms with Crippen LogP contribution >= 0.6 is 0 Å². The summed E-state index contributed by atoms with van der Waals surface area (Å²) in [5.74, 6) is -0.204. The van der Waals surface area contributed by atoms with Crippen LogP contribution in [-0.2, 0) is 6.54 Å². The number of amides is 2. The number of nitrogens with one attached hydrogen (secondary N) is 2. The lowest BCUT2D eigenvalue weighted by atomic mass is 10.1. The van der Waals surface area contributed by atoms with Crippen molar-refractivity contribution >= 4 is 22.6 Å². The first-order valence-electron chi connectivity index (χ1n) is 9.15. The highest BCUT2D eigenvalue weighted by Gasteiger charge is 2.29. The minimum atomic E-state index is -0.625. The molecular formula is C19H19N5O4. The van der Waals surface area contributed by atoms with Crippen LogP contribution in [0.2, 0.25) is 0 Å². The summed E-state index contributed by atoms with van der Waals surface area (Å²) >= 11 is 0. The second kappa shape index (κ2) is 7.26. The van der Waals surface area contributed by atoms with Crippen molar-refractivity contribution in [1.29, 1.82) is 0 Å². The number of aromatic nitrogens is 3. The second-order valence-corrected chi connectivity index (χ2v) is 6.72. The average Bonchev–Trinajstić information content (AvgIpc) is 3.44. The second-order valence-electron chi connectivity index (χ2n) is 6.72. The molecule has 2 aromatic heterocycles. The first-order chi connectivity index (χ1) is 13.6. The molecule has 144 valence electrons. The highest BCUT2D eigenvalue weighted by molar-refractivity contribution is 6.05. The molecule has 1 aromatic carbocycles. The first-order valence-corrected chi connectivity index (χ1v) is 9.15. The van der Waals surface area contributed by atoms with E-state index < -0.39 is 11.8 Å². The molecule has 0 spiro atoms. The van der Waals surface area contributed by atoms with Gasteiger partial charge >= 0.3 is 0 Å². The lowest BCUT2D eigenvalue weighted by molar-refractivity contribution is 0.0838. The van der Waals surface area contributed by atoms with Crippen molar-refractivity contribution in [3.8, 4) is 0 Å². The van der Waals surface area contributed by atoms with Crippen molar-refractivity contribution in [2.45, 2.75) is 38.6 Å². The molecule has 0 saturated heterocycles. The van der Waals surface area contributed by atoms with Crippen molar-refractivity contribution in [2.75, 3.05) is 0 Å². The Labute approximate surface area is 159 Å². The van der Waals surface area contributed by atoms with Gasteiger partial charge in [0.25, 0.3) is 17.4 Å². The number of hydrogen-bond donors (Lipinski definition) is 2. The van der Waals surface area contributed by atoms with Crippen molar-refractivity contribution in [3.63, 3.8) is 0 Å². The van der Waals surface area contributed by atoms with Crippen LogP contribution in [0, 0.1) is 0 Å². The van der Waals surface area contributed by atoms with Crippen molar-refractivity contribution in [2.24, 2.45) is 0 Å². The van der Waals surface area contributed by atoms with Gasteiger partial charge in [-0.3, -0.25) is 25.2 Å². The number of carbonyl (C=O) groups is 2.